The molecule has 5 heteroatoms. The number of hydrogen-bond donors (Lipinski definition) is 2. The number of carbonyl (C=O) groups is 1. The lowest BCUT2D eigenvalue weighted by Gasteiger charge is -2.40. The van der Waals surface area contributed by atoms with Gasteiger partial charge < -0.3 is 20.1 Å². The van der Waals surface area contributed by atoms with Crippen molar-refractivity contribution >= 4 is 5.91 Å². The summed E-state index contributed by atoms with van der Waals surface area (Å²) >= 11 is 0. The SMILES string of the molecule is COC1CNC(C(=O)NCC2(OC)CCC2)C1. The fourth-order valence-electron chi connectivity index (χ4n) is 2.48. The van der Waals surface area contributed by atoms with E-state index < -0.39 is 0 Å². The highest BCUT2D eigenvalue weighted by Crippen LogP contribution is 2.34. The first-order valence-electron chi connectivity index (χ1n) is 6.28. The normalized spacial score (nSPS) is 30.9. The van der Waals surface area contributed by atoms with E-state index in [0.717, 1.165) is 25.8 Å². The van der Waals surface area contributed by atoms with Crippen molar-refractivity contribution < 1.29 is 14.3 Å². The lowest BCUT2D eigenvalue weighted by Crippen LogP contribution is -2.52. The average Bonchev–Trinajstić information content (AvgIpc) is 2.76. The highest BCUT2D eigenvalue weighted by atomic mass is 16.5. The maximum atomic E-state index is 11.9. The molecule has 0 aromatic carbocycles. The predicted molar refractivity (Wildman–Crippen MR) is 63.8 cm³/mol. The molecule has 2 aliphatic rings. The summed E-state index contributed by atoms with van der Waals surface area (Å²) in [5.74, 6) is 0.0628. The number of rotatable bonds is 5. The van der Waals surface area contributed by atoms with Crippen molar-refractivity contribution in [2.75, 3.05) is 27.3 Å². The van der Waals surface area contributed by atoms with E-state index in [0.29, 0.717) is 6.54 Å². The highest BCUT2D eigenvalue weighted by molar-refractivity contribution is 5.82. The van der Waals surface area contributed by atoms with Crippen molar-refractivity contribution in [3.63, 3.8) is 0 Å². The molecule has 0 aromatic rings. The zero-order chi connectivity index (χ0) is 12.3. The summed E-state index contributed by atoms with van der Waals surface area (Å²) in [4.78, 5) is 11.9. The van der Waals surface area contributed by atoms with Gasteiger partial charge in [0.05, 0.1) is 17.7 Å². The van der Waals surface area contributed by atoms with Crippen LogP contribution < -0.4 is 10.6 Å². The summed E-state index contributed by atoms with van der Waals surface area (Å²) in [5, 5.41) is 6.15. The Kier molecular flexibility index (Phi) is 4.01. The molecule has 1 heterocycles. The molecule has 17 heavy (non-hydrogen) atoms. The smallest absolute Gasteiger partial charge is 0.237 e. The van der Waals surface area contributed by atoms with Gasteiger partial charge in [0.1, 0.15) is 0 Å². The van der Waals surface area contributed by atoms with Crippen molar-refractivity contribution in [2.24, 2.45) is 0 Å². The molecule has 1 aliphatic heterocycles. The second-order valence-corrected chi connectivity index (χ2v) is 5.01. The van der Waals surface area contributed by atoms with E-state index in [9.17, 15) is 4.79 Å². The van der Waals surface area contributed by atoms with Crippen LogP contribution in [0.5, 0.6) is 0 Å². The van der Waals surface area contributed by atoms with Crippen LogP contribution in [0.3, 0.4) is 0 Å². The maximum Gasteiger partial charge on any atom is 0.237 e. The Labute approximate surface area is 102 Å². The van der Waals surface area contributed by atoms with Crippen molar-refractivity contribution in [1.29, 1.82) is 0 Å². The van der Waals surface area contributed by atoms with Gasteiger partial charge in [-0.25, -0.2) is 0 Å². The molecule has 2 N–H and O–H groups in total. The third-order valence-corrected chi connectivity index (χ3v) is 4.02. The molecule has 5 nitrogen and oxygen atoms in total. The summed E-state index contributed by atoms with van der Waals surface area (Å²) < 4.78 is 10.7. The van der Waals surface area contributed by atoms with Crippen molar-refractivity contribution in [1.82, 2.24) is 10.6 Å². The topological polar surface area (TPSA) is 59.6 Å². The number of nitrogens with one attached hydrogen (secondary N) is 2. The number of ether oxygens (including phenoxy) is 2. The van der Waals surface area contributed by atoms with E-state index in [1.54, 1.807) is 14.2 Å². The third kappa shape index (κ3) is 2.78. The molecule has 2 fully saturated rings. The first kappa shape index (κ1) is 12.8. The van der Waals surface area contributed by atoms with Crippen LogP contribution in [0.25, 0.3) is 0 Å². The van der Waals surface area contributed by atoms with Crippen molar-refractivity contribution in [3.8, 4) is 0 Å². The van der Waals surface area contributed by atoms with E-state index in [2.05, 4.69) is 10.6 Å². The van der Waals surface area contributed by atoms with Crippen LogP contribution in [-0.2, 0) is 14.3 Å². The van der Waals surface area contributed by atoms with Gasteiger partial charge in [-0.15, -0.1) is 0 Å². The Bertz CT molecular complexity index is 273. The molecule has 0 spiro atoms. The lowest BCUT2D eigenvalue weighted by molar-refractivity contribution is -0.126. The molecule has 1 saturated carbocycles. The molecule has 98 valence electrons. The Morgan fingerprint density at radius 1 is 1.47 bits per heavy atom. The third-order valence-electron chi connectivity index (χ3n) is 4.02. The Balaban J connectivity index is 1.74. The molecule has 1 amide bonds. The molecule has 0 radical (unpaired) electrons. The van der Waals surface area contributed by atoms with Gasteiger partial charge in [-0.1, -0.05) is 0 Å². The molecule has 2 rings (SSSR count). The summed E-state index contributed by atoms with van der Waals surface area (Å²) in [6.07, 6.45) is 4.19. The minimum absolute atomic E-state index is 0.0628. The average molecular weight is 242 g/mol. The molecule has 1 saturated heterocycles. The minimum atomic E-state index is -0.117. The molecular formula is C12H22N2O3. The van der Waals surface area contributed by atoms with Crippen LogP contribution in [0, 0.1) is 0 Å². The van der Waals surface area contributed by atoms with Crippen LogP contribution in [0.2, 0.25) is 0 Å². The maximum absolute atomic E-state index is 11.9. The van der Waals surface area contributed by atoms with E-state index in [-0.39, 0.29) is 23.7 Å². The summed E-state index contributed by atoms with van der Waals surface area (Å²) in [6.45, 7) is 1.38. The molecule has 0 aromatic heterocycles. The largest absolute Gasteiger partial charge is 0.380 e. The Morgan fingerprint density at radius 2 is 2.24 bits per heavy atom. The summed E-state index contributed by atoms with van der Waals surface area (Å²) in [7, 11) is 3.40. The monoisotopic (exact) mass is 242 g/mol. The van der Waals surface area contributed by atoms with E-state index >= 15 is 0 Å². The van der Waals surface area contributed by atoms with Gasteiger partial charge in [0, 0.05) is 27.3 Å². The molecule has 1 aliphatic carbocycles. The summed E-state index contributed by atoms with van der Waals surface area (Å²) in [5.41, 5.74) is -0.102. The number of hydrogen-bond acceptors (Lipinski definition) is 4. The lowest BCUT2D eigenvalue weighted by atomic mass is 9.80. The second kappa shape index (κ2) is 5.33. The van der Waals surface area contributed by atoms with Gasteiger partial charge in [0.15, 0.2) is 0 Å². The number of methoxy groups -OCH3 is 2. The predicted octanol–water partition coefficient (Wildman–Crippen LogP) is 0.0486. The van der Waals surface area contributed by atoms with E-state index in [1.807, 2.05) is 0 Å². The number of amides is 1. The van der Waals surface area contributed by atoms with Crippen molar-refractivity contribution in [2.45, 2.75) is 43.4 Å². The number of carbonyl (C=O) groups excluding carboxylic acids is 1. The standard InChI is InChI=1S/C12H22N2O3/c1-16-9-6-10(13-7-9)11(15)14-8-12(17-2)4-3-5-12/h9-10,13H,3-8H2,1-2H3,(H,14,15). The fraction of sp³-hybridized carbons (Fsp3) is 0.917. The highest BCUT2D eigenvalue weighted by Gasteiger charge is 2.38. The zero-order valence-corrected chi connectivity index (χ0v) is 10.6. The Morgan fingerprint density at radius 3 is 2.71 bits per heavy atom. The van der Waals surface area contributed by atoms with Gasteiger partial charge in [-0.2, -0.15) is 0 Å². The quantitative estimate of drug-likeness (QED) is 0.715. The van der Waals surface area contributed by atoms with Gasteiger partial charge in [-0.05, 0) is 25.7 Å². The van der Waals surface area contributed by atoms with Gasteiger partial charge in [0.2, 0.25) is 5.91 Å². The second-order valence-electron chi connectivity index (χ2n) is 5.01. The Hall–Kier alpha value is -0.650. The van der Waals surface area contributed by atoms with E-state index in [4.69, 9.17) is 9.47 Å². The first-order chi connectivity index (χ1) is 8.19. The fourth-order valence-corrected chi connectivity index (χ4v) is 2.48. The van der Waals surface area contributed by atoms with Crippen LogP contribution in [0.1, 0.15) is 25.7 Å². The van der Waals surface area contributed by atoms with Gasteiger partial charge in [-0.3, -0.25) is 4.79 Å². The van der Waals surface area contributed by atoms with Crippen LogP contribution in [-0.4, -0.2) is 51.0 Å². The molecule has 0 bridgehead atoms. The van der Waals surface area contributed by atoms with E-state index in [1.165, 1.54) is 6.42 Å². The summed E-state index contributed by atoms with van der Waals surface area (Å²) in [6, 6.07) is -0.117. The van der Waals surface area contributed by atoms with Crippen LogP contribution in [0.4, 0.5) is 0 Å². The van der Waals surface area contributed by atoms with Gasteiger partial charge >= 0.3 is 0 Å². The van der Waals surface area contributed by atoms with Crippen molar-refractivity contribution in [3.05, 3.63) is 0 Å². The first-order valence-corrected chi connectivity index (χ1v) is 6.28. The van der Waals surface area contributed by atoms with Crippen LogP contribution in [0.15, 0.2) is 0 Å². The van der Waals surface area contributed by atoms with Gasteiger partial charge in [0.25, 0.3) is 0 Å². The minimum Gasteiger partial charge on any atom is -0.380 e. The molecule has 2 unspecified atom stereocenters. The van der Waals surface area contributed by atoms with Crippen LogP contribution >= 0.6 is 0 Å². The zero-order valence-electron chi connectivity index (χ0n) is 10.6. The molecule has 2 atom stereocenters. The molecular weight excluding hydrogens is 220 g/mol.